The van der Waals surface area contributed by atoms with Crippen LogP contribution >= 0.6 is 0 Å². The number of carbonyl (C=O) groups excluding carboxylic acids is 1. The van der Waals surface area contributed by atoms with Crippen LogP contribution in [-0.2, 0) is 9.53 Å². The Morgan fingerprint density at radius 2 is 1.59 bits per heavy atom. The summed E-state index contributed by atoms with van der Waals surface area (Å²) >= 11 is 0. The van der Waals surface area contributed by atoms with Crippen LogP contribution in [0.4, 0.5) is 0 Å². The highest BCUT2D eigenvalue weighted by Crippen LogP contribution is 2.75. The third-order valence-corrected chi connectivity index (χ3v) is 14.8. The fourth-order valence-electron chi connectivity index (χ4n) is 11.9. The van der Waals surface area contributed by atoms with E-state index in [0.29, 0.717) is 28.1 Å². The third-order valence-electron chi connectivity index (χ3n) is 14.8. The van der Waals surface area contributed by atoms with E-state index in [0.717, 1.165) is 36.2 Å². The van der Waals surface area contributed by atoms with Gasteiger partial charge in [-0.05, 0) is 121 Å². The maximum Gasteiger partial charge on any atom is 0.331 e. The van der Waals surface area contributed by atoms with E-state index >= 15 is 0 Å². The lowest BCUT2D eigenvalue weighted by molar-refractivity contribution is -0.211. The summed E-state index contributed by atoms with van der Waals surface area (Å²) in [7, 11) is 0. The minimum absolute atomic E-state index is 0.0249. The van der Waals surface area contributed by atoms with Gasteiger partial charge in [-0.3, -0.25) is 0 Å². The first-order valence-corrected chi connectivity index (χ1v) is 16.9. The summed E-state index contributed by atoms with van der Waals surface area (Å²) in [4.78, 5) is 13.0. The van der Waals surface area contributed by atoms with E-state index in [2.05, 4.69) is 61.5 Å². The van der Waals surface area contributed by atoms with E-state index in [-0.39, 0.29) is 22.9 Å². The van der Waals surface area contributed by atoms with Crippen molar-refractivity contribution in [3.63, 3.8) is 0 Å². The number of ether oxygens (including phenoxy) is 1. The molecule has 0 unspecified atom stereocenters. The average molecular weight is 557 g/mol. The lowest BCUT2D eigenvalue weighted by atomic mass is 9.33. The van der Waals surface area contributed by atoms with Crippen molar-refractivity contribution in [3.8, 4) is 0 Å². The molecule has 10 atom stereocenters. The summed E-state index contributed by atoms with van der Waals surface area (Å²) in [6.07, 6.45) is 17.8. The van der Waals surface area contributed by atoms with Crippen LogP contribution in [0.25, 0.3) is 6.08 Å². The van der Waals surface area contributed by atoms with Gasteiger partial charge in [-0.1, -0.05) is 97.4 Å². The minimum Gasteiger partial charge on any atom is -0.459 e. The molecular formula is C39H56O2. The van der Waals surface area contributed by atoms with Crippen molar-refractivity contribution in [2.45, 2.75) is 119 Å². The van der Waals surface area contributed by atoms with Crippen molar-refractivity contribution in [1.82, 2.24) is 0 Å². The van der Waals surface area contributed by atoms with Gasteiger partial charge < -0.3 is 4.74 Å². The van der Waals surface area contributed by atoms with E-state index in [1.807, 2.05) is 42.0 Å². The molecule has 1 aromatic carbocycles. The van der Waals surface area contributed by atoms with Crippen molar-refractivity contribution in [2.75, 3.05) is 0 Å². The fourth-order valence-corrected chi connectivity index (χ4v) is 11.9. The molecule has 41 heavy (non-hydrogen) atoms. The zero-order chi connectivity index (χ0) is 29.4. The molecule has 4 fully saturated rings. The summed E-state index contributed by atoms with van der Waals surface area (Å²) in [5.41, 5.74) is 4.25. The second-order valence-electron chi connectivity index (χ2n) is 16.8. The average Bonchev–Trinajstić information content (AvgIpc) is 2.93. The second-order valence-corrected chi connectivity index (χ2v) is 16.8. The molecule has 5 aliphatic carbocycles. The highest BCUT2D eigenvalue weighted by molar-refractivity contribution is 5.87. The molecule has 0 aromatic heterocycles. The molecule has 2 heteroatoms. The molecule has 2 nitrogen and oxygen atoms in total. The van der Waals surface area contributed by atoms with Crippen molar-refractivity contribution < 1.29 is 9.53 Å². The Bertz CT molecular complexity index is 1230. The monoisotopic (exact) mass is 556 g/mol. The summed E-state index contributed by atoms with van der Waals surface area (Å²) in [6.45, 7) is 20.6. The predicted octanol–water partition coefficient (Wildman–Crippen LogP) is 10.3. The van der Waals surface area contributed by atoms with Crippen LogP contribution in [0.15, 0.2) is 48.1 Å². The van der Waals surface area contributed by atoms with Gasteiger partial charge in [0.2, 0.25) is 0 Å². The molecule has 0 bridgehead atoms. The smallest absolute Gasteiger partial charge is 0.331 e. The summed E-state index contributed by atoms with van der Waals surface area (Å²) < 4.78 is 6.24. The number of hydrogen-bond donors (Lipinski definition) is 0. The highest BCUT2D eigenvalue weighted by Gasteiger charge is 2.68. The van der Waals surface area contributed by atoms with E-state index < -0.39 is 0 Å². The molecule has 0 N–H and O–H groups in total. The van der Waals surface area contributed by atoms with Gasteiger partial charge in [0.05, 0.1) is 0 Å². The van der Waals surface area contributed by atoms with Gasteiger partial charge in [-0.15, -0.1) is 0 Å². The Balaban J connectivity index is 1.26. The van der Waals surface area contributed by atoms with Gasteiger partial charge in [-0.2, -0.15) is 0 Å². The molecule has 0 aliphatic heterocycles. The Morgan fingerprint density at radius 3 is 2.32 bits per heavy atom. The van der Waals surface area contributed by atoms with Crippen molar-refractivity contribution in [1.29, 1.82) is 0 Å². The van der Waals surface area contributed by atoms with Gasteiger partial charge in [0.15, 0.2) is 0 Å². The first-order valence-electron chi connectivity index (χ1n) is 16.9. The second kappa shape index (κ2) is 9.85. The van der Waals surface area contributed by atoms with Crippen molar-refractivity contribution in [3.05, 3.63) is 53.6 Å². The van der Waals surface area contributed by atoms with Gasteiger partial charge in [-0.25, -0.2) is 4.79 Å². The van der Waals surface area contributed by atoms with Crippen molar-refractivity contribution in [2.24, 2.45) is 56.7 Å². The molecule has 5 aliphatic rings. The van der Waals surface area contributed by atoms with Crippen LogP contribution in [0.2, 0.25) is 0 Å². The van der Waals surface area contributed by atoms with Crippen LogP contribution in [0.1, 0.15) is 119 Å². The summed E-state index contributed by atoms with van der Waals surface area (Å²) in [6, 6.07) is 10.0. The highest BCUT2D eigenvalue weighted by atomic mass is 16.5. The minimum atomic E-state index is -0.199. The van der Waals surface area contributed by atoms with Crippen LogP contribution in [0.5, 0.6) is 0 Å². The molecule has 0 spiro atoms. The van der Waals surface area contributed by atoms with E-state index in [9.17, 15) is 4.79 Å². The molecule has 6 rings (SSSR count). The van der Waals surface area contributed by atoms with Gasteiger partial charge in [0.25, 0.3) is 0 Å². The first kappa shape index (κ1) is 29.3. The molecular weight excluding hydrogens is 500 g/mol. The van der Waals surface area contributed by atoms with E-state index in [4.69, 9.17) is 4.74 Å². The number of benzene rings is 1. The standard InChI is InChI=1S/C39H56O2/c1-26-18-21-36(5)24-25-38(7)29(34(36)27(26)2)15-16-31-37(6)22-20-32(35(3,4)30(37)19-23-39(31,38)8)41-33(40)17-14-28-12-10-9-11-13-28/h9-15,17,26-27,30-32,34H,16,18-25H2,1-8H3/t26-,27+,30-,31-,32-,34+,36-,37+,38-,39-/m1/s1. The lowest BCUT2D eigenvalue weighted by Gasteiger charge is -2.71. The SMILES string of the molecule is C[C@H]1[C@H](C)CC[C@]2(C)CC[C@]3(C)C(=CC[C@@H]4[C@@]5(C)CC[C@@H](OC(=O)C=Cc6ccccc6)C(C)(C)[C@H]5CC[C@]43C)[C@H]12. The van der Waals surface area contributed by atoms with Crippen LogP contribution in [-0.4, -0.2) is 12.1 Å². The number of hydrogen-bond acceptors (Lipinski definition) is 2. The molecule has 0 amide bonds. The molecule has 224 valence electrons. The van der Waals surface area contributed by atoms with Crippen LogP contribution in [0, 0.1) is 56.7 Å². The summed E-state index contributed by atoms with van der Waals surface area (Å²) in [5.74, 6) is 3.43. The molecule has 0 saturated heterocycles. The topological polar surface area (TPSA) is 26.3 Å². The largest absolute Gasteiger partial charge is 0.459 e. The summed E-state index contributed by atoms with van der Waals surface area (Å²) in [5, 5.41) is 0. The van der Waals surface area contributed by atoms with Crippen molar-refractivity contribution >= 4 is 12.0 Å². The predicted molar refractivity (Wildman–Crippen MR) is 170 cm³/mol. The first-order chi connectivity index (χ1) is 19.3. The van der Waals surface area contributed by atoms with Crippen LogP contribution < -0.4 is 0 Å². The van der Waals surface area contributed by atoms with E-state index in [1.165, 1.54) is 44.9 Å². The van der Waals surface area contributed by atoms with Gasteiger partial charge in [0.1, 0.15) is 6.10 Å². The third kappa shape index (κ3) is 4.27. The zero-order valence-electron chi connectivity index (χ0n) is 27.3. The van der Waals surface area contributed by atoms with E-state index in [1.54, 1.807) is 6.08 Å². The van der Waals surface area contributed by atoms with Crippen LogP contribution in [0.3, 0.4) is 0 Å². The normalized spacial score (nSPS) is 46.9. The number of esters is 1. The zero-order valence-corrected chi connectivity index (χ0v) is 27.3. The Labute approximate surface area is 250 Å². The molecule has 1 aromatic rings. The van der Waals surface area contributed by atoms with Gasteiger partial charge in [0, 0.05) is 11.5 Å². The Hall–Kier alpha value is -1.83. The molecule has 0 heterocycles. The Kier molecular flexibility index (Phi) is 7.03. The van der Waals surface area contributed by atoms with Gasteiger partial charge >= 0.3 is 5.97 Å². The number of rotatable bonds is 3. The number of allylic oxidation sites excluding steroid dienone is 2. The molecule has 4 saturated carbocycles. The molecule has 0 radical (unpaired) electrons. The quantitative estimate of drug-likeness (QED) is 0.210. The lowest BCUT2D eigenvalue weighted by Crippen LogP contribution is -2.65. The Morgan fingerprint density at radius 1 is 0.854 bits per heavy atom. The maximum absolute atomic E-state index is 13.0. The number of carbonyl (C=O) groups is 1. The maximum atomic E-state index is 13.0. The fraction of sp³-hybridized carbons (Fsp3) is 0.718. The number of fused-ring (bicyclic) bond motifs is 7.